The second-order valence-electron chi connectivity index (χ2n) is 5.02. The summed E-state index contributed by atoms with van der Waals surface area (Å²) in [5.41, 5.74) is 2.74. The number of nitrogens with one attached hydrogen (secondary N) is 2. The number of hydrogen-bond acceptors (Lipinski definition) is 3. The first-order chi connectivity index (χ1) is 11.3. The Morgan fingerprint density at radius 1 is 1.04 bits per heavy atom. The molecule has 116 valence electrons. The SMILES string of the molecule is O=C(COc1ccccc1)NCc1cc(-c2ccccc2)n[nH]1. The summed E-state index contributed by atoms with van der Waals surface area (Å²) < 4.78 is 5.39. The van der Waals surface area contributed by atoms with Crippen molar-refractivity contribution >= 4 is 5.91 Å². The lowest BCUT2D eigenvalue weighted by Gasteiger charge is -2.06. The van der Waals surface area contributed by atoms with E-state index >= 15 is 0 Å². The van der Waals surface area contributed by atoms with Crippen molar-refractivity contribution < 1.29 is 9.53 Å². The topological polar surface area (TPSA) is 67.0 Å². The first-order valence-electron chi connectivity index (χ1n) is 7.35. The lowest BCUT2D eigenvalue weighted by Crippen LogP contribution is -2.28. The van der Waals surface area contributed by atoms with Crippen LogP contribution in [0.4, 0.5) is 0 Å². The zero-order valence-corrected chi connectivity index (χ0v) is 12.5. The normalized spacial score (nSPS) is 10.3. The zero-order valence-electron chi connectivity index (χ0n) is 12.5. The number of benzene rings is 2. The molecule has 0 saturated heterocycles. The quantitative estimate of drug-likeness (QED) is 0.736. The highest BCUT2D eigenvalue weighted by molar-refractivity contribution is 5.77. The molecule has 0 bridgehead atoms. The van der Waals surface area contributed by atoms with Gasteiger partial charge in [0.25, 0.3) is 5.91 Å². The summed E-state index contributed by atoms with van der Waals surface area (Å²) in [5, 5.41) is 9.98. The molecule has 0 unspecified atom stereocenters. The van der Waals surface area contributed by atoms with Crippen LogP contribution in [0.3, 0.4) is 0 Å². The van der Waals surface area contributed by atoms with E-state index in [4.69, 9.17) is 4.74 Å². The summed E-state index contributed by atoms with van der Waals surface area (Å²) in [5.74, 6) is 0.500. The van der Waals surface area contributed by atoms with E-state index in [0.29, 0.717) is 12.3 Å². The zero-order chi connectivity index (χ0) is 15.9. The Morgan fingerprint density at radius 3 is 2.48 bits per heavy atom. The second-order valence-corrected chi connectivity index (χ2v) is 5.02. The van der Waals surface area contributed by atoms with Gasteiger partial charge in [-0.3, -0.25) is 9.89 Å². The highest BCUT2D eigenvalue weighted by atomic mass is 16.5. The van der Waals surface area contributed by atoms with Crippen molar-refractivity contribution in [1.82, 2.24) is 15.5 Å². The van der Waals surface area contributed by atoms with Crippen LogP contribution in [-0.2, 0) is 11.3 Å². The molecule has 1 aromatic heterocycles. The van der Waals surface area contributed by atoms with E-state index in [1.807, 2.05) is 66.7 Å². The van der Waals surface area contributed by atoms with Crippen LogP contribution in [0.25, 0.3) is 11.3 Å². The molecule has 1 amide bonds. The molecule has 0 radical (unpaired) electrons. The van der Waals surface area contributed by atoms with Gasteiger partial charge in [0.2, 0.25) is 0 Å². The molecule has 0 aliphatic carbocycles. The number of rotatable bonds is 6. The monoisotopic (exact) mass is 307 g/mol. The summed E-state index contributed by atoms with van der Waals surface area (Å²) in [4.78, 5) is 11.8. The van der Waals surface area contributed by atoms with Crippen molar-refractivity contribution in [2.75, 3.05) is 6.61 Å². The van der Waals surface area contributed by atoms with Crippen LogP contribution in [0.5, 0.6) is 5.75 Å². The Hall–Kier alpha value is -3.08. The Morgan fingerprint density at radius 2 is 1.74 bits per heavy atom. The van der Waals surface area contributed by atoms with Crippen molar-refractivity contribution in [3.05, 3.63) is 72.4 Å². The van der Waals surface area contributed by atoms with E-state index in [2.05, 4.69) is 15.5 Å². The van der Waals surface area contributed by atoms with Crippen LogP contribution in [0, 0.1) is 0 Å². The number of carbonyl (C=O) groups is 1. The third-order valence-electron chi connectivity index (χ3n) is 3.29. The maximum Gasteiger partial charge on any atom is 0.258 e. The van der Waals surface area contributed by atoms with Crippen LogP contribution >= 0.6 is 0 Å². The van der Waals surface area contributed by atoms with Gasteiger partial charge in [-0.05, 0) is 18.2 Å². The summed E-state index contributed by atoms with van der Waals surface area (Å²) in [6, 6.07) is 21.1. The average Bonchev–Trinajstić information content (AvgIpc) is 3.09. The number of amides is 1. The van der Waals surface area contributed by atoms with Crippen LogP contribution in [0.2, 0.25) is 0 Å². The predicted molar refractivity (Wildman–Crippen MR) is 87.8 cm³/mol. The van der Waals surface area contributed by atoms with Gasteiger partial charge in [0.1, 0.15) is 5.75 Å². The van der Waals surface area contributed by atoms with Gasteiger partial charge < -0.3 is 10.1 Å². The van der Waals surface area contributed by atoms with E-state index in [1.165, 1.54) is 0 Å². The van der Waals surface area contributed by atoms with Gasteiger partial charge in [-0.1, -0.05) is 48.5 Å². The van der Waals surface area contributed by atoms with Crippen LogP contribution in [0.1, 0.15) is 5.69 Å². The molecule has 3 aromatic rings. The van der Waals surface area contributed by atoms with Crippen LogP contribution < -0.4 is 10.1 Å². The summed E-state index contributed by atoms with van der Waals surface area (Å²) in [6.07, 6.45) is 0. The highest BCUT2D eigenvalue weighted by Crippen LogP contribution is 2.16. The molecule has 0 spiro atoms. The van der Waals surface area contributed by atoms with Gasteiger partial charge in [-0.2, -0.15) is 5.10 Å². The number of hydrogen-bond donors (Lipinski definition) is 2. The molecular formula is C18H17N3O2. The Kier molecular flexibility index (Phi) is 4.69. The highest BCUT2D eigenvalue weighted by Gasteiger charge is 2.06. The largest absolute Gasteiger partial charge is 0.484 e. The van der Waals surface area contributed by atoms with Gasteiger partial charge in [-0.15, -0.1) is 0 Å². The lowest BCUT2D eigenvalue weighted by molar-refractivity contribution is -0.123. The van der Waals surface area contributed by atoms with E-state index in [9.17, 15) is 4.79 Å². The number of ether oxygens (including phenoxy) is 1. The number of aromatic nitrogens is 2. The number of nitrogens with zero attached hydrogens (tertiary/aromatic N) is 1. The van der Waals surface area contributed by atoms with Crippen LogP contribution in [-0.4, -0.2) is 22.7 Å². The van der Waals surface area contributed by atoms with E-state index < -0.39 is 0 Å². The number of carbonyl (C=O) groups excluding carboxylic acids is 1. The Labute approximate surface area is 134 Å². The smallest absolute Gasteiger partial charge is 0.258 e. The fraction of sp³-hybridized carbons (Fsp3) is 0.111. The third kappa shape index (κ3) is 4.20. The molecule has 0 atom stereocenters. The van der Waals surface area contributed by atoms with Gasteiger partial charge >= 0.3 is 0 Å². The minimum Gasteiger partial charge on any atom is -0.484 e. The minimum absolute atomic E-state index is 0.0102. The summed E-state index contributed by atoms with van der Waals surface area (Å²) in [7, 11) is 0. The molecule has 5 heteroatoms. The lowest BCUT2D eigenvalue weighted by atomic mass is 10.1. The molecule has 0 aliphatic heterocycles. The first-order valence-corrected chi connectivity index (χ1v) is 7.35. The van der Waals surface area contributed by atoms with Crippen molar-refractivity contribution in [2.24, 2.45) is 0 Å². The Bertz CT molecular complexity index is 754. The number of para-hydroxylation sites is 1. The van der Waals surface area contributed by atoms with Gasteiger partial charge in [-0.25, -0.2) is 0 Å². The number of aromatic amines is 1. The molecule has 5 nitrogen and oxygen atoms in total. The molecule has 2 N–H and O–H groups in total. The van der Waals surface area contributed by atoms with Gasteiger partial charge in [0.05, 0.1) is 17.9 Å². The molecule has 2 aromatic carbocycles. The third-order valence-corrected chi connectivity index (χ3v) is 3.29. The summed E-state index contributed by atoms with van der Waals surface area (Å²) >= 11 is 0. The van der Waals surface area contributed by atoms with Crippen LogP contribution in [0.15, 0.2) is 66.7 Å². The van der Waals surface area contributed by atoms with E-state index in [0.717, 1.165) is 17.0 Å². The minimum atomic E-state index is -0.176. The summed E-state index contributed by atoms with van der Waals surface area (Å²) in [6.45, 7) is 0.376. The fourth-order valence-electron chi connectivity index (χ4n) is 2.12. The van der Waals surface area contributed by atoms with Gasteiger partial charge in [0.15, 0.2) is 6.61 Å². The van der Waals surface area contributed by atoms with Gasteiger partial charge in [0, 0.05) is 5.56 Å². The second kappa shape index (κ2) is 7.26. The molecule has 0 aliphatic rings. The first kappa shape index (κ1) is 14.8. The number of H-pyrrole nitrogens is 1. The van der Waals surface area contributed by atoms with Crippen molar-refractivity contribution in [2.45, 2.75) is 6.54 Å². The molecular weight excluding hydrogens is 290 g/mol. The molecule has 23 heavy (non-hydrogen) atoms. The van der Waals surface area contributed by atoms with Crippen molar-refractivity contribution in [3.63, 3.8) is 0 Å². The maximum absolute atomic E-state index is 11.8. The maximum atomic E-state index is 11.8. The predicted octanol–water partition coefficient (Wildman–Crippen LogP) is 2.77. The molecule has 0 saturated carbocycles. The molecule has 1 heterocycles. The van der Waals surface area contributed by atoms with Crippen molar-refractivity contribution in [3.8, 4) is 17.0 Å². The Balaban J connectivity index is 1.49. The molecule has 3 rings (SSSR count). The van der Waals surface area contributed by atoms with E-state index in [1.54, 1.807) is 0 Å². The van der Waals surface area contributed by atoms with E-state index in [-0.39, 0.29) is 12.5 Å². The fourth-order valence-corrected chi connectivity index (χ4v) is 2.12. The standard InChI is InChI=1S/C18H17N3O2/c22-18(13-23-16-9-5-2-6-10-16)19-12-15-11-17(21-20-15)14-7-3-1-4-8-14/h1-11H,12-13H2,(H,19,22)(H,20,21). The van der Waals surface area contributed by atoms with Crippen molar-refractivity contribution in [1.29, 1.82) is 0 Å². The molecule has 0 fully saturated rings. The average molecular weight is 307 g/mol.